The van der Waals surface area contributed by atoms with Crippen LogP contribution in [0, 0.1) is 0 Å². The maximum absolute atomic E-state index is 5.92. The molecule has 1 saturated heterocycles. The molecule has 2 aromatic carbocycles. The Morgan fingerprint density at radius 1 is 1.03 bits per heavy atom. The van der Waals surface area contributed by atoms with Gasteiger partial charge in [-0.2, -0.15) is 0 Å². The largest absolute Gasteiger partial charge is 0.399 e. The number of nitrogen functional groups attached to an aromatic ring is 1. The van der Waals surface area contributed by atoms with Gasteiger partial charge in [0.1, 0.15) is 0 Å². The Kier molecular flexibility index (Phi) is 5.01. The van der Waals surface area contributed by atoms with Crippen molar-refractivity contribution >= 4 is 17.3 Å². The summed E-state index contributed by atoms with van der Waals surface area (Å²) in [5.74, 6) is 0.794. The van der Waals surface area contributed by atoms with Crippen LogP contribution in [0.1, 0.15) is 18.1 Å². The molecule has 0 bridgehead atoms. The van der Waals surface area contributed by atoms with Crippen molar-refractivity contribution in [2.24, 2.45) is 0 Å². The quantitative estimate of drug-likeness (QED) is 0.678. The Morgan fingerprint density at radius 3 is 2.60 bits per heavy atom. The second kappa shape index (κ2) is 7.95. The van der Waals surface area contributed by atoms with Crippen LogP contribution < -0.4 is 15.5 Å². The summed E-state index contributed by atoms with van der Waals surface area (Å²) in [5, 5.41) is 0. The molecule has 1 atom stereocenters. The van der Waals surface area contributed by atoms with Gasteiger partial charge in [-0.15, -0.1) is 0 Å². The molecular weight excluding hydrogens is 374 g/mol. The van der Waals surface area contributed by atoms with E-state index >= 15 is 0 Å². The van der Waals surface area contributed by atoms with Crippen molar-refractivity contribution in [3.8, 4) is 11.1 Å². The van der Waals surface area contributed by atoms with Gasteiger partial charge >= 0.3 is 0 Å². The van der Waals surface area contributed by atoms with Crippen molar-refractivity contribution in [3.05, 3.63) is 66.0 Å². The van der Waals surface area contributed by atoms with E-state index in [-0.39, 0.29) is 0 Å². The van der Waals surface area contributed by atoms with Gasteiger partial charge in [-0.1, -0.05) is 12.1 Å². The number of rotatable bonds is 3. The predicted molar refractivity (Wildman–Crippen MR) is 121 cm³/mol. The number of ether oxygens (including phenoxy) is 1. The topological polar surface area (TPSA) is 67.5 Å². The minimum Gasteiger partial charge on any atom is -0.399 e. The van der Waals surface area contributed by atoms with Gasteiger partial charge in [0.25, 0.3) is 0 Å². The number of aromatic nitrogens is 2. The standard InChI is InChI=1S/C24H27N5O/c1-17-16-30-12-11-29(17)23-14-19(18-3-5-21(25)6-4-18)13-20-15-28(10-7-22(20)23)24-26-8-2-9-27-24/h2-6,8-9,13-14,17H,7,10-12,15-16,25H2,1H3/t17-/m0/s1. The van der Waals surface area contributed by atoms with Crippen LogP contribution in [0.3, 0.4) is 0 Å². The maximum atomic E-state index is 5.92. The number of benzene rings is 2. The molecule has 0 saturated carbocycles. The Balaban J connectivity index is 1.58. The normalized spacial score (nSPS) is 18.9. The minimum atomic E-state index is 0.361. The van der Waals surface area contributed by atoms with Crippen molar-refractivity contribution in [2.75, 3.05) is 41.8 Å². The molecular formula is C24H27N5O. The molecule has 1 fully saturated rings. The third kappa shape index (κ3) is 3.59. The molecule has 0 spiro atoms. The molecule has 2 aliphatic rings. The minimum absolute atomic E-state index is 0.361. The molecule has 30 heavy (non-hydrogen) atoms. The Labute approximate surface area is 177 Å². The van der Waals surface area contributed by atoms with Crippen molar-refractivity contribution in [3.63, 3.8) is 0 Å². The number of anilines is 3. The Morgan fingerprint density at radius 2 is 1.83 bits per heavy atom. The number of morpholine rings is 1. The fourth-order valence-corrected chi connectivity index (χ4v) is 4.49. The highest BCUT2D eigenvalue weighted by Gasteiger charge is 2.27. The zero-order valence-electron chi connectivity index (χ0n) is 17.3. The lowest BCUT2D eigenvalue weighted by Gasteiger charge is -2.39. The molecule has 6 nitrogen and oxygen atoms in total. The van der Waals surface area contributed by atoms with Gasteiger partial charge in [-0.05, 0) is 65.9 Å². The van der Waals surface area contributed by atoms with E-state index in [1.165, 1.54) is 27.9 Å². The van der Waals surface area contributed by atoms with E-state index in [0.717, 1.165) is 50.9 Å². The van der Waals surface area contributed by atoms with E-state index in [2.05, 4.69) is 51.0 Å². The van der Waals surface area contributed by atoms with Crippen molar-refractivity contribution in [1.82, 2.24) is 9.97 Å². The average Bonchev–Trinajstić information content (AvgIpc) is 2.79. The van der Waals surface area contributed by atoms with Crippen LogP contribution in [-0.4, -0.2) is 42.3 Å². The molecule has 6 heteroatoms. The number of hydrogen-bond acceptors (Lipinski definition) is 6. The van der Waals surface area contributed by atoms with Crippen molar-refractivity contribution < 1.29 is 4.74 Å². The third-order valence-corrected chi connectivity index (χ3v) is 6.07. The van der Waals surface area contributed by atoms with Gasteiger partial charge in [0.05, 0.1) is 13.2 Å². The van der Waals surface area contributed by atoms with Gasteiger partial charge in [0.15, 0.2) is 0 Å². The van der Waals surface area contributed by atoms with E-state index in [0.29, 0.717) is 6.04 Å². The summed E-state index contributed by atoms with van der Waals surface area (Å²) in [5.41, 5.74) is 13.2. The van der Waals surface area contributed by atoms with Crippen LogP contribution in [0.2, 0.25) is 0 Å². The fraction of sp³-hybridized carbons (Fsp3) is 0.333. The van der Waals surface area contributed by atoms with Crippen LogP contribution in [0.25, 0.3) is 11.1 Å². The fourth-order valence-electron chi connectivity index (χ4n) is 4.49. The SMILES string of the molecule is C[C@H]1COCCN1c1cc(-c2ccc(N)cc2)cc2c1CCN(c1ncccn1)C2. The van der Waals surface area contributed by atoms with Crippen LogP contribution >= 0.6 is 0 Å². The molecule has 5 rings (SSSR count). The first-order valence-electron chi connectivity index (χ1n) is 10.6. The molecule has 3 aromatic rings. The summed E-state index contributed by atoms with van der Waals surface area (Å²) < 4.78 is 5.70. The van der Waals surface area contributed by atoms with Gasteiger partial charge in [-0.25, -0.2) is 9.97 Å². The van der Waals surface area contributed by atoms with E-state index < -0.39 is 0 Å². The molecule has 3 heterocycles. The first kappa shape index (κ1) is 18.9. The number of fused-ring (bicyclic) bond motifs is 1. The average molecular weight is 402 g/mol. The van der Waals surface area contributed by atoms with E-state index in [1.54, 1.807) is 0 Å². The first-order chi connectivity index (χ1) is 14.7. The molecule has 2 N–H and O–H groups in total. The third-order valence-electron chi connectivity index (χ3n) is 6.07. The zero-order valence-corrected chi connectivity index (χ0v) is 17.3. The molecule has 0 unspecified atom stereocenters. The maximum Gasteiger partial charge on any atom is 0.225 e. The van der Waals surface area contributed by atoms with Crippen LogP contribution in [0.15, 0.2) is 54.9 Å². The van der Waals surface area contributed by atoms with Crippen molar-refractivity contribution in [2.45, 2.75) is 25.9 Å². The van der Waals surface area contributed by atoms with Gasteiger partial charge in [-0.3, -0.25) is 0 Å². The number of nitrogens with zero attached hydrogens (tertiary/aromatic N) is 4. The lowest BCUT2D eigenvalue weighted by atomic mass is 9.91. The van der Waals surface area contributed by atoms with E-state index in [9.17, 15) is 0 Å². The summed E-state index contributed by atoms with van der Waals surface area (Å²) >= 11 is 0. The van der Waals surface area contributed by atoms with Gasteiger partial charge < -0.3 is 20.3 Å². The second-order valence-corrected chi connectivity index (χ2v) is 8.09. The molecule has 154 valence electrons. The molecule has 0 aliphatic carbocycles. The summed E-state index contributed by atoms with van der Waals surface area (Å²) in [4.78, 5) is 13.7. The monoisotopic (exact) mass is 401 g/mol. The summed E-state index contributed by atoms with van der Waals surface area (Å²) in [7, 11) is 0. The lowest BCUT2D eigenvalue weighted by Crippen LogP contribution is -2.45. The summed E-state index contributed by atoms with van der Waals surface area (Å²) in [6.07, 6.45) is 4.60. The van der Waals surface area contributed by atoms with E-state index in [1.807, 2.05) is 30.6 Å². The second-order valence-electron chi connectivity index (χ2n) is 8.09. The first-order valence-corrected chi connectivity index (χ1v) is 10.6. The summed E-state index contributed by atoms with van der Waals surface area (Å²) in [6, 6.07) is 15.0. The highest BCUT2D eigenvalue weighted by molar-refractivity contribution is 5.74. The van der Waals surface area contributed by atoms with E-state index in [4.69, 9.17) is 10.5 Å². The Hall–Kier alpha value is -3.12. The summed E-state index contributed by atoms with van der Waals surface area (Å²) in [6.45, 7) is 6.44. The molecule has 1 aromatic heterocycles. The number of nitrogens with two attached hydrogens (primary N) is 1. The predicted octanol–water partition coefficient (Wildman–Crippen LogP) is 3.51. The lowest BCUT2D eigenvalue weighted by molar-refractivity contribution is 0.0988. The highest BCUT2D eigenvalue weighted by atomic mass is 16.5. The van der Waals surface area contributed by atoms with Crippen LogP contribution in [0.5, 0.6) is 0 Å². The highest BCUT2D eigenvalue weighted by Crippen LogP contribution is 2.36. The zero-order chi connectivity index (χ0) is 20.5. The van der Waals surface area contributed by atoms with Crippen LogP contribution in [-0.2, 0) is 17.7 Å². The Bertz CT molecular complexity index is 1020. The van der Waals surface area contributed by atoms with Gasteiger partial charge in [0.2, 0.25) is 5.95 Å². The van der Waals surface area contributed by atoms with Gasteiger partial charge in [0, 0.05) is 49.4 Å². The molecule has 2 aliphatic heterocycles. The smallest absolute Gasteiger partial charge is 0.225 e. The van der Waals surface area contributed by atoms with Crippen LogP contribution in [0.4, 0.5) is 17.3 Å². The van der Waals surface area contributed by atoms with Crippen molar-refractivity contribution in [1.29, 1.82) is 0 Å². The number of hydrogen-bond donors (Lipinski definition) is 1. The molecule has 0 radical (unpaired) electrons. The molecule has 0 amide bonds.